The summed E-state index contributed by atoms with van der Waals surface area (Å²) in [6, 6.07) is 1.39. The average molecular weight is 150 g/mol. The van der Waals surface area contributed by atoms with E-state index in [1.54, 1.807) is 0 Å². The van der Waals surface area contributed by atoms with E-state index in [2.05, 4.69) is 14.4 Å². The molecule has 54 valence electrons. The molecule has 1 heterocycles. The SMILES string of the molecule is O=C=Nc1ccoc1N=C=O. The Morgan fingerprint density at radius 2 is 2.00 bits per heavy atom. The van der Waals surface area contributed by atoms with Gasteiger partial charge in [-0.3, -0.25) is 0 Å². The molecule has 5 heteroatoms. The number of carbonyl (C=O) groups excluding carboxylic acids is 2. The van der Waals surface area contributed by atoms with Crippen molar-refractivity contribution in [2.75, 3.05) is 0 Å². The lowest BCUT2D eigenvalue weighted by atomic mass is 10.5. The molecule has 0 unspecified atom stereocenters. The summed E-state index contributed by atoms with van der Waals surface area (Å²) >= 11 is 0. The molecular weight excluding hydrogens is 148 g/mol. The molecule has 0 radical (unpaired) electrons. The molecule has 0 aliphatic heterocycles. The summed E-state index contributed by atoms with van der Waals surface area (Å²) in [5, 5.41) is 0. The van der Waals surface area contributed by atoms with Gasteiger partial charge < -0.3 is 4.42 Å². The first-order chi connectivity index (χ1) is 5.38. The molecule has 11 heavy (non-hydrogen) atoms. The van der Waals surface area contributed by atoms with Gasteiger partial charge in [-0.15, -0.1) is 4.99 Å². The zero-order valence-electron chi connectivity index (χ0n) is 5.27. The minimum Gasteiger partial charge on any atom is -0.444 e. The summed E-state index contributed by atoms with van der Waals surface area (Å²) in [6.07, 6.45) is 3.81. The summed E-state index contributed by atoms with van der Waals surface area (Å²) in [5.74, 6) is -0.0386. The fourth-order valence-electron chi connectivity index (χ4n) is 0.554. The van der Waals surface area contributed by atoms with Crippen molar-refractivity contribution in [3.8, 4) is 0 Å². The van der Waals surface area contributed by atoms with Crippen molar-refractivity contribution < 1.29 is 14.0 Å². The summed E-state index contributed by atoms with van der Waals surface area (Å²) in [7, 11) is 0. The second-order valence-electron chi connectivity index (χ2n) is 1.52. The van der Waals surface area contributed by atoms with Crippen molar-refractivity contribution in [2.45, 2.75) is 0 Å². The van der Waals surface area contributed by atoms with Crippen molar-refractivity contribution in [2.24, 2.45) is 9.98 Å². The first kappa shape index (κ1) is 7.15. The Kier molecular flexibility index (Phi) is 2.13. The Bertz CT molecular complexity index is 310. The monoisotopic (exact) mass is 150 g/mol. The van der Waals surface area contributed by atoms with Gasteiger partial charge in [0.1, 0.15) is 5.69 Å². The van der Waals surface area contributed by atoms with Crippen LogP contribution in [0, 0.1) is 0 Å². The summed E-state index contributed by atoms with van der Waals surface area (Å²) in [5.41, 5.74) is 0.170. The first-order valence-electron chi connectivity index (χ1n) is 2.61. The maximum atomic E-state index is 9.76. The summed E-state index contributed by atoms with van der Waals surface area (Å²) in [4.78, 5) is 25.8. The Hall–Kier alpha value is -1.96. The normalized spacial score (nSPS) is 8.00. The van der Waals surface area contributed by atoms with Crippen LogP contribution >= 0.6 is 0 Å². The lowest BCUT2D eigenvalue weighted by Gasteiger charge is -1.79. The van der Waals surface area contributed by atoms with Crippen LogP contribution < -0.4 is 0 Å². The smallest absolute Gasteiger partial charge is 0.257 e. The molecule has 0 spiro atoms. The molecule has 0 bridgehead atoms. The van der Waals surface area contributed by atoms with Crippen molar-refractivity contribution in [3.05, 3.63) is 12.3 Å². The Morgan fingerprint density at radius 1 is 1.27 bits per heavy atom. The van der Waals surface area contributed by atoms with Gasteiger partial charge in [-0.2, -0.15) is 4.99 Å². The molecule has 0 saturated heterocycles. The molecule has 0 N–H and O–H groups in total. The minimum absolute atomic E-state index is 0.0386. The van der Waals surface area contributed by atoms with Crippen LogP contribution in [0.25, 0.3) is 0 Å². The van der Waals surface area contributed by atoms with Gasteiger partial charge in [0.05, 0.1) is 6.26 Å². The number of isocyanates is 2. The van der Waals surface area contributed by atoms with Crippen molar-refractivity contribution in [1.82, 2.24) is 0 Å². The fraction of sp³-hybridized carbons (Fsp3) is 0. The topological polar surface area (TPSA) is 72.0 Å². The second kappa shape index (κ2) is 3.27. The lowest BCUT2D eigenvalue weighted by molar-refractivity contribution is 0.554. The van der Waals surface area contributed by atoms with Crippen LogP contribution in [0.2, 0.25) is 0 Å². The molecule has 1 rings (SSSR count). The van der Waals surface area contributed by atoms with Gasteiger partial charge in [0.15, 0.2) is 0 Å². The molecule has 1 aromatic heterocycles. The summed E-state index contributed by atoms with van der Waals surface area (Å²) < 4.78 is 4.66. The van der Waals surface area contributed by atoms with Crippen molar-refractivity contribution >= 4 is 23.7 Å². The maximum absolute atomic E-state index is 9.76. The van der Waals surface area contributed by atoms with Gasteiger partial charge in [-0.05, 0) is 0 Å². The van der Waals surface area contributed by atoms with E-state index in [1.807, 2.05) is 0 Å². The fourth-order valence-corrected chi connectivity index (χ4v) is 0.554. The van der Waals surface area contributed by atoms with E-state index in [0.29, 0.717) is 0 Å². The van der Waals surface area contributed by atoms with E-state index in [-0.39, 0.29) is 11.6 Å². The molecule has 0 aliphatic rings. The molecule has 0 atom stereocenters. The Labute approximate surface area is 61.1 Å². The van der Waals surface area contributed by atoms with Crippen LogP contribution in [0.5, 0.6) is 0 Å². The number of hydrogen-bond acceptors (Lipinski definition) is 5. The largest absolute Gasteiger partial charge is 0.444 e. The number of hydrogen-bond donors (Lipinski definition) is 0. The van der Waals surface area contributed by atoms with Crippen LogP contribution in [-0.4, -0.2) is 12.2 Å². The van der Waals surface area contributed by atoms with Gasteiger partial charge in [-0.25, -0.2) is 9.59 Å². The standard InChI is InChI=1S/C6H2N2O3/c9-3-7-5-1-2-11-6(5)8-4-10/h1-2H. The predicted octanol–water partition coefficient (Wildman–Crippen LogP) is 1.21. The van der Waals surface area contributed by atoms with Crippen molar-refractivity contribution in [3.63, 3.8) is 0 Å². The van der Waals surface area contributed by atoms with Crippen LogP contribution in [0.3, 0.4) is 0 Å². The molecule has 1 aromatic rings. The highest BCUT2D eigenvalue weighted by Gasteiger charge is 2.01. The van der Waals surface area contributed by atoms with Gasteiger partial charge in [-0.1, -0.05) is 0 Å². The Balaban J connectivity index is 3.14. The average Bonchev–Trinajstić information content (AvgIpc) is 2.39. The van der Waals surface area contributed by atoms with Crippen LogP contribution in [0.1, 0.15) is 0 Å². The highest BCUT2D eigenvalue weighted by molar-refractivity contribution is 5.62. The van der Waals surface area contributed by atoms with E-state index >= 15 is 0 Å². The summed E-state index contributed by atoms with van der Waals surface area (Å²) in [6.45, 7) is 0. The van der Waals surface area contributed by atoms with Crippen LogP contribution in [0.15, 0.2) is 26.7 Å². The molecule has 0 saturated carbocycles. The third-order valence-electron chi connectivity index (χ3n) is 0.938. The highest BCUT2D eigenvalue weighted by Crippen LogP contribution is 2.27. The number of furan rings is 1. The molecule has 5 nitrogen and oxygen atoms in total. The minimum atomic E-state index is -0.0386. The van der Waals surface area contributed by atoms with Crippen molar-refractivity contribution in [1.29, 1.82) is 0 Å². The number of rotatable bonds is 2. The predicted molar refractivity (Wildman–Crippen MR) is 34.3 cm³/mol. The molecule has 0 amide bonds. The molecule has 0 fully saturated rings. The quantitative estimate of drug-likeness (QED) is 0.469. The lowest BCUT2D eigenvalue weighted by Crippen LogP contribution is -1.56. The van der Waals surface area contributed by atoms with Crippen LogP contribution in [0.4, 0.5) is 11.6 Å². The third-order valence-corrected chi connectivity index (χ3v) is 0.938. The van der Waals surface area contributed by atoms with Crippen LogP contribution in [-0.2, 0) is 9.59 Å². The van der Waals surface area contributed by atoms with E-state index in [0.717, 1.165) is 0 Å². The van der Waals surface area contributed by atoms with Gasteiger partial charge in [0, 0.05) is 6.07 Å². The van der Waals surface area contributed by atoms with Gasteiger partial charge in [0.2, 0.25) is 12.2 Å². The zero-order chi connectivity index (χ0) is 8.10. The van der Waals surface area contributed by atoms with E-state index in [1.165, 1.54) is 24.5 Å². The zero-order valence-corrected chi connectivity index (χ0v) is 5.27. The highest BCUT2D eigenvalue weighted by atomic mass is 16.3. The Morgan fingerprint density at radius 3 is 2.64 bits per heavy atom. The number of aliphatic imine (C=N–C) groups is 2. The molecule has 0 aliphatic carbocycles. The van der Waals surface area contributed by atoms with E-state index in [4.69, 9.17) is 0 Å². The number of nitrogens with zero attached hydrogens (tertiary/aromatic N) is 2. The molecule has 0 aromatic carbocycles. The first-order valence-corrected chi connectivity index (χ1v) is 2.61. The van der Waals surface area contributed by atoms with E-state index < -0.39 is 0 Å². The molecular formula is C6H2N2O3. The second-order valence-corrected chi connectivity index (χ2v) is 1.52. The van der Waals surface area contributed by atoms with E-state index in [9.17, 15) is 9.59 Å². The third kappa shape index (κ3) is 1.49. The van der Waals surface area contributed by atoms with Gasteiger partial charge >= 0.3 is 0 Å². The van der Waals surface area contributed by atoms with Gasteiger partial charge in [0.25, 0.3) is 5.88 Å². The maximum Gasteiger partial charge on any atom is 0.257 e.